The van der Waals surface area contributed by atoms with Crippen LogP contribution in [0.25, 0.3) is 0 Å². The van der Waals surface area contributed by atoms with E-state index in [0.29, 0.717) is 24.0 Å². The van der Waals surface area contributed by atoms with E-state index < -0.39 is 0 Å². The third-order valence-corrected chi connectivity index (χ3v) is 4.29. The molecule has 2 aromatic carbocycles. The Balaban J connectivity index is 0.00000392. The average Bonchev–Trinajstić information content (AvgIpc) is 2.72. The van der Waals surface area contributed by atoms with Crippen LogP contribution in [-0.2, 0) is 6.54 Å². The van der Waals surface area contributed by atoms with E-state index in [1.165, 1.54) is 5.69 Å². The largest absolute Gasteiger partial charge is 0.493 e. The Morgan fingerprint density at radius 1 is 1.07 bits per heavy atom. The SMILES string of the molecule is CCN(CCCNC(N)=NCc1ccc(OC)c(OC)c1)c1ccccc1.I. The van der Waals surface area contributed by atoms with Crippen LogP contribution >= 0.6 is 24.0 Å². The van der Waals surface area contributed by atoms with Crippen LogP contribution < -0.4 is 25.4 Å². The number of methoxy groups -OCH3 is 2. The lowest BCUT2D eigenvalue weighted by molar-refractivity contribution is 0.354. The molecule has 6 nitrogen and oxygen atoms in total. The topological polar surface area (TPSA) is 72.1 Å². The van der Waals surface area contributed by atoms with Gasteiger partial charge in [0, 0.05) is 25.3 Å². The van der Waals surface area contributed by atoms with Crippen molar-refractivity contribution in [1.82, 2.24) is 5.32 Å². The summed E-state index contributed by atoms with van der Waals surface area (Å²) in [7, 11) is 3.24. The standard InChI is InChI=1S/C21H30N4O2.HI/c1-4-25(18-9-6-5-7-10-18)14-8-13-23-21(22)24-16-17-11-12-19(26-2)20(15-17)27-3;/h5-7,9-12,15H,4,8,13-14,16H2,1-3H3,(H3,22,23,24);1H. The molecule has 0 fully saturated rings. The van der Waals surface area contributed by atoms with Gasteiger partial charge in [-0.05, 0) is 43.2 Å². The molecule has 154 valence electrons. The number of nitrogens with two attached hydrogens (primary N) is 1. The van der Waals surface area contributed by atoms with Gasteiger partial charge in [-0.15, -0.1) is 24.0 Å². The number of halogens is 1. The Morgan fingerprint density at radius 2 is 1.79 bits per heavy atom. The maximum Gasteiger partial charge on any atom is 0.188 e. The summed E-state index contributed by atoms with van der Waals surface area (Å²) in [6.45, 7) is 5.39. The van der Waals surface area contributed by atoms with Gasteiger partial charge in [0.15, 0.2) is 17.5 Å². The van der Waals surface area contributed by atoms with Crippen molar-refractivity contribution >= 4 is 35.6 Å². The molecule has 28 heavy (non-hydrogen) atoms. The predicted molar refractivity (Wildman–Crippen MR) is 127 cm³/mol. The van der Waals surface area contributed by atoms with Crippen molar-refractivity contribution in [2.45, 2.75) is 19.9 Å². The number of rotatable bonds is 10. The van der Waals surface area contributed by atoms with Gasteiger partial charge in [-0.1, -0.05) is 24.3 Å². The van der Waals surface area contributed by atoms with E-state index >= 15 is 0 Å². The number of nitrogens with zero attached hydrogens (tertiary/aromatic N) is 2. The molecule has 2 aromatic rings. The molecule has 0 radical (unpaired) electrons. The Labute approximate surface area is 185 Å². The van der Waals surface area contributed by atoms with Crippen LogP contribution in [0.5, 0.6) is 11.5 Å². The second kappa shape index (κ2) is 13.1. The molecule has 0 saturated carbocycles. The number of para-hydroxylation sites is 1. The summed E-state index contributed by atoms with van der Waals surface area (Å²) >= 11 is 0. The normalized spacial score (nSPS) is 10.8. The molecule has 0 atom stereocenters. The molecule has 0 aliphatic rings. The zero-order chi connectivity index (χ0) is 19.5. The molecule has 0 saturated heterocycles. The van der Waals surface area contributed by atoms with E-state index in [1.54, 1.807) is 14.2 Å². The van der Waals surface area contributed by atoms with Gasteiger partial charge in [0.1, 0.15) is 0 Å². The highest BCUT2D eigenvalue weighted by atomic mass is 127. The van der Waals surface area contributed by atoms with Gasteiger partial charge >= 0.3 is 0 Å². The summed E-state index contributed by atoms with van der Waals surface area (Å²) in [5.74, 6) is 1.85. The lowest BCUT2D eigenvalue weighted by Gasteiger charge is -2.23. The van der Waals surface area contributed by atoms with Crippen molar-refractivity contribution in [1.29, 1.82) is 0 Å². The van der Waals surface area contributed by atoms with E-state index in [0.717, 1.165) is 31.6 Å². The van der Waals surface area contributed by atoms with Crippen LogP contribution in [-0.4, -0.2) is 39.8 Å². The summed E-state index contributed by atoms with van der Waals surface area (Å²) in [6, 6.07) is 16.2. The molecule has 0 spiro atoms. The van der Waals surface area contributed by atoms with Gasteiger partial charge < -0.3 is 25.4 Å². The lowest BCUT2D eigenvalue weighted by Crippen LogP contribution is -2.34. The van der Waals surface area contributed by atoms with Crippen molar-refractivity contribution in [3.8, 4) is 11.5 Å². The summed E-state index contributed by atoms with van der Waals surface area (Å²) in [6.07, 6.45) is 0.981. The number of hydrogen-bond donors (Lipinski definition) is 2. The number of benzene rings is 2. The third-order valence-electron chi connectivity index (χ3n) is 4.29. The van der Waals surface area contributed by atoms with Crippen LogP contribution in [0.4, 0.5) is 5.69 Å². The third kappa shape index (κ3) is 7.46. The molecular weight excluding hydrogens is 467 g/mol. The second-order valence-corrected chi connectivity index (χ2v) is 6.09. The number of nitrogens with one attached hydrogen (secondary N) is 1. The van der Waals surface area contributed by atoms with Crippen LogP contribution in [0.1, 0.15) is 18.9 Å². The minimum Gasteiger partial charge on any atom is -0.493 e. The highest BCUT2D eigenvalue weighted by Gasteiger charge is 2.05. The number of aliphatic imine (C=N–C) groups is 1. The van der Waals surface area contributed by atoms with Crippen LogP contribution in [0, 0.1) is 0 Å². The smallest absolute Gasteiger partial charge is 0.188 e. The van der Waals surface area contributed by atoms with Gasteiger partial charge in [-0.25, -0.2) is 4.99 Å². The fraction of sp³-hybridized carbons (Fsp3) is 0.381. The molecular formula is C21H31IN4O2. The molecule has 0 aliphatic heterocycles. The number of guanidine groups is 1. The zero-order valence-corrected chi connectivity index (χ0v) is 19.2. The molecule has 2 rings (SSSR count). The molecule has 0 heterocycles. The maximum absolute atomic E-state index is 5.98. The Hall–Kier alpha value is -2.16. The zero-order valence-electron chi connectivity index (χ0n) is 16.9. The Kier molecular flexibility index (Phi) is 11.2. The highest BCUT2D eigenvalue weighted by molar-refractivity contribution is 14.0. The second-order valence-electron chi connectivity index (χ2n) is 6.09. The molecule has 0 amide bonds. The number of hydrogen-bond acceptors (Lipinski definition) is 4. The van der Waals surface area contributed by atoms with Crippen molar-refractivity contribution in [2.24, 2.45) is 10.7 Å². The first-order valence-corrected chi connectivity index (χ1v) is 9.22. The summed E-state index contributed by atoms with van der Waals surface area (Å²) in [4.78, 5) is 6.74. The van der Waals surface area contributed by atoms with Gasteiger partial charge in [0.05, 0.1) is 20.8 Å². The Bertz CT molecular complexity index is 726. The van der Waals surface area contributed by atoms with Crippen LogP contribution in [0.15, 0.2) is 53.5 Å². The minimum atomic E-state index is 0. The Morgan fingerprint density at radius 3 is 2.43 bits per heavy atom. The van der Waals surface area contributed by atoms with E-state index in [2.05, 4.69) is 46.4 Å². The number of ether oxygens (including phenoxy) is 2. The molecule has 0 bridgehead atoms. The molecule has 3 N–H and O–H groups in total. The fourth-order valence-corrected chi connectivity index (χ4v) is 2.81. The maximum atomic E-state index is 5.98. The molecule has 0 unspecified atom stereocenters. The molecule has 0 aliphatic carbocycles. The fourth-order valence-electron chi connectivity index (χ4n) is 2.81. The van der Waals surface area contributed by atoms with E-state index in [1.807, 2.05) is 24.3 Å². The highest BCUT2D eigenvalue weighted by Crippen LogP contribution is 2.27. The average molecular weight is 498 g/mol. The van der Waals surface area contributed by atoms with E-state index in [9.17, 15) is 0 Å². The first-order chi connectivity index (χ1) is 13.2. The van der Waals surface area contributed by atoms with Crippen LogP contribution in [0.3, 0.4) is 0 Å². The van der Waals surface area contributed by atoms with Crippen molar-refractivity contribution in [3.63, 3.8) is 0 Å². The van der Waals surface area contributed by atoms with Gasteiger partial charge in [0.25, 0.3) is 0 Å². The van der Waals surface area contributed by atoms with Crippen LogP contribution in [0.2, 0.25) is 0 Å². The monoisotopic (exact) mass is 498 g/mol. The lowest BCUT2D eigenvalue weighted by atomic mass is 10.2. The van der Waals surface area contributed by atoms with Crippen molar-refractivity contribution in [3.05, 3.63) is 54.1 Å². The van der Waals surface area contributed by atoms with Crippen molar-refractivity contribution in [2.75, 3.05) is 38.8 Å². The van der Waals surface area contributed by atoms with Gasteiger partial charge in [0.2, 0.25) is 0 Å². The summed E-state index contributed by atoms with van der Waals surface area (Å²) in [5, 5.41) is 3.18. The summed E-state index contributed by atoms with van der Waals surface area (Å²) in [5.41, 5.74) is 8.24. The van der Waals surface area contributed by atoms with Gasteiger partial charge in [-0.3, -0.25) is 0 Å². The molecule has 0 aromatic heterocycles. The van der Waals surface area contributed by atoms with Gasteiger partial charge in [-0.2, -0.15) is 0 Å². The minimum absolute atomic E-state index is 0. The van der Waals surface area contributed by atoms with Crippen molar-refractivity contribution < 1.29 is 9.47 Å². The molecule has 7 heteroatoms. The van der Waals surface area contributed by atoms with E-state index in [-0.39, 0.29) is 24.0 Å². The summed E-state index contributed by atoms with van der Waals surface area (Å²) < 4.78 is 10.5. The number of anilines is 1. The predicted octanol–water partition coefficient (Wildman–Crippen LogP) is 3.64. The van der Waals surface area contributed by atoms with E-state index in [4.69, 9.17) is 15.2 Å². The quantitative estimate of drug-likeness (QED) is 0.227. The first kappa shape index (κ1) is 23.9. The first-order valence-electron chi connectivity index (χ1n) is 9.22.